The highest BCUT2D eigenvalue weighted by atomic mass is 16.1. The number of nitrogens with zero attached hydrogens (tertiary/aromatic N) is 3. The van der Waals surface area contributed by atoms with Gasteiger partial charge in [0.25, 0.3) is 5.91 Å². The largest absolute Gasteiger partial charge is 0.349 e. The van der Waals surface area contributed by atoms with Crippen LogP contribution >= 0.6 is 0 Å². The van der Waals surface area contributed by atoms with Crippen molar-refractivity contribution in [2.24, 2.45) is 0 Å². The minimum Gasteiger partial charge on any atom is -0.349 e. The molecule has 1 aromatic heterocycles. The van der Waals surface area contributed by atoms with Crippen LogP contribution in [0.2, 0.25) is 0 Å². The second-order valence-electron chi connectivity index (χ2n) is 3.55. The third-order valence-corrected chi connectivity index (χ3v) is 2.36. The van der Waals surface area contributed by atoms with Gasteiger partial charge in [-0.05, 0) is 17.3 Å². The lowest BCUT2D eigenvalue weighted by molar-refractivity contribution is 0.0958. The number of carbonyl (C=O) groups is 1. The quantitative estimate of drug-likeness (QED) is 0.821. The number of nitrogens with one attached hydrogen (secondary N) is 1. The maximum absolute atomic E-state index is 12.0. The van der Waals surface area contributed by atoms with Crippen molar-refractivity contribution in [1.82, 2.24) is 20.7 Å². The molecule has 0 aliphatic carbocycles. The van der Waals surface area contributed by atoms with Crippen LogP contribution in [0.3, 0.4) is 0 Å². The summed E-state index contributed by atoms with van der Waals surface area (Å²) in [6.45, 7) is 3.99. The average molecular weight is 240 g/mol. The fourth-order valence-electron chi connectivity index (χ4n) is 1.55. The average Bonchev–Trinajstić information content (AvgIpc) is 2.45. The van der Waals surface area contributed by atoms with E-state index >= 15 is 0 Å². The van der Waals surface area contributed by atoms with Gasteiger partial charge in [0.2, 0.25) is 0 Å². The van der Waals surface area contributed by atoms with E-state index in [0.717, 1.165) is 5.56 Å². The Hall–Kier alpha value is -2.56. The Kier molecular flexibility index (Phi) is 3.76. The highest BCUT2D eigenvalue weighted by Crippen LogP contribution is 2.20. The molecule has 18 heavy (non-hydrogen) atoms. The van der Waals surface area contributed by atoms with Crippen molar-refractivity contribution in [3.8, 4) is 11.3 Å². The van der Waals surface area contributed by atoms with Crippen LogP contribution in [-0.4, -0.2) is 27.9 Å². The van der Waals surface area contributed by atoms with Crippen molar-refractivity contribution in [1.29, 1.82) is 0 Å². The van der Waals surface area contributed by atoms with E-state index in [1.165, 1.54) is 0 Å². The molecule has 0 aliphatic rings. The van der Waals surface area contributed by atoms with Crippen molar-refractivity contribution in [2.45, 2.75) is 0 Å². The standard InChI is InChI=1S/C13H12N4O/c1-2-8-14-13(18)11-6-4-3-5-10(11)12-7-9-15-17-16-12/h2-7,9H,1,8H2,(H,14,18). The van der Waals surface area contributed by atoms with E-state index in [9.17, 15) is 4.79 Å². The Morgan fingerprint density at radius 3 is 2.89 bits per heavy atom. The molecular formula is C13H12N4O. The molecule has 2 rings (SSSR count). The molecule has 0 fully saturated rings. The van der Waals surface area contributed by atoms with E-state index in [0.29, 0.717) is 17.8 Å². The predicted octanol–water partition coefficient (Wildman–Crippen LogP) is 1.45. The van der Waals surface area contributed by atoms with Crippen LogP contribution in [0.25, 0.3) is 11.3 Å². The van der Waals surface area contributed by atoms with Crippen molar-refractivity contribution in [3.63, 3.8) is 0 Å². The molecule has 0 saturated heterocycles. The van der Waals surface area contributed by atoms with Crippen molar-refractivity contribution in [2.75, 3.05) is 6.54 Å². The first-order chi connectivity index (χ1) is 8.83. The van der Waals surface area contributed by atoms with Crippen LogP contribution in [-0.2, 0) is 0 Å². The monoisotopic (exact) mass is 240 g/mol. The van der Waals surface area contributed by atoms with E-state index in [1.54, 1.807) is 30.5 Å². The SMILES string of the molecule is C=CCNC(=O)c1ccccc1-c1ccnnn1. The lowest BCUT2D eigenvalue weighted by atomic mass is 10.0. The molecule has 1 aromatic carbocycles. The van der Waals surface area contributed by atoms with Gasteiger partial charge < -0.3 is 5.32 Å². The second kappa shape index (κ2) is 5.67. The van der Waals surface area contributed by atoms with Crippen LogP contribution < -0.4 is 5.32 Å². The highest BCUT2D eigenvalue weighted by molar-refractivity contribution is 6.00. The Labute approximate surface area is 105 Å². The molecule has 0 bridgehead atoms. The Morgan fingerprint density at radius 2 is 2.17 bits per heavy atom. The van der Waals surface area contributed by atoms with Crippen LogP contribution in [0.15, 0.2) is 49.2 Å². The Bertz CT molecular complexity index is 554. The number of amides is 1. The minimum atomic E-state index is -0.163. The summed E-state index contributed by atoms with van der Waals surface area (Å²) in [4.78, 5) is 12.0. The topological polar surface area (TPSA) is 67.8 Å². The molecular weight excluding hydrogens is 228 g/mol. The first-order valence-electron chi connectivity index (χ1n) is 5.46. The first-order valence-corrected chi connectivity index (χ1v) is 5.46. The lowest BCUT2D eigenvalue weighted by Crippen LogP contribution is -2.23. The van der Waals surface area contributed by atoms with Crippen LogP contribution in [0.5, 0.6) is 0 Å². The van der Waals surface area contributed by atoms with Crippen molar-refractivity contribution < 1.29 is 4.79 Å². The van der Waals surface area contributed by atoms with Gasteiger partial charge in [0, 0.05) is 17.7 Å². The zero-order valence-corrected chi connectivity index (χ0v) is 9.71. The molecule has 0 atom stereocenters. The van der Waals surface area contributed by atoms with Crippen molar-refractivity contribution in [3.05, 3.63) is 54.7 Å². The molecule has 0 radical (unpaired) electrons. The van der Waals surface area contributed by atoms with Crippen LogP contribution in [0.1, 0.15) is 10.4 Å². The summed E-state index contributed by atoms with van der Waals surface area (Å²) in [5.41, 5.74) is 1.91. The molecule has 5 nitrogen and oxygen atoms in total. The summed E-state index contributed by atoms with van der Waals surface area (Å²) in [5.74, 6) is -0.163. The second-order valence-corrected chi connectivity index (χ2v) is 3.55. The van der Waals surface area contributed by atoms with Gasteiger partial charge in [-0.25, -0.2) is 0 Å². The maximum Gasteiger partial charge on any atom is 0.252 e. The highest BCUT2D eigenvalue weighted by Gasteiger charge is 2.12. The van der Waals surface area contributed by atoms with E-state index in [4.69, 9.17) is 0 Å². The fourth-order valence-corrected chi connectivity index (χ4v) is 1.55. The number of rotatable bonds is 4. The molecule has 90 valence electrons. The summed E-state index contributed by atoms with van der Waals surface area (Å²) in [7, 11) is 0. The van der Waals surface area contributed by atoms with Crippen molar-refractivity contribution >= 4 is 5.91 Å². The number of aromatic nitrogens is 3. The zero-order chi connectivity index (χ0) is 12.8. The molecule has 0 saturated carbocycles. The molecule has 1 N–H and O–H groups in total. The van der Waals surface area contributed by atoms with Gasteiger partial charge in [0.1, 0.15) is 0 Å². The normalized spacial score (nSPS) is 9.78. The summed E-state index contributed by atoms with van der Waals surface area (Å²) < 4.78 is 0. The Morgan fingerprint density at radius 1 is 1.33 bits per heavy atom. The molecule has 0 unspecified atom stereocenters. The molecule has 0 aliphatic heterocycles. The van der Waals surface area contributed by atoms with Crippen LogP contribution in [0.4, 0.5) is 0 Å². The summed E-state index contributed by atoms with van der Waals surface area (Å²) in [6, 6.07) is 8.94. The molecule has 1 heterocycles. The fraction of sp³-hybridized carbons (Fsp3) is 0.0769. The van der Waals surface area contributed by atoms with Gasteiger partial charge >= 0.3 is 0 Å². The molecule has 5 heteroatoms. The number of benzene rings is 1. The molecule has 1 amide bonds. The number of hydrogen-bond acceptors (Lipinski definition) is 4. The maximum atomic E-state index is 12.0. The summed E-state index contributed by atoms with van der Waals surface area (Å²) >= 11 is 0. The molecule has 0 spiro atoms. The van der Waals surface area contributed by atoms with Gasteiger partial charge in [-0.2, -0.15) is 0 Å². The zero-order valence-electron chi connectivity index (χ0n) is 9.71. The van der Waals surface area contributed by atoms with Gasteiger partial charge in [-0.1, -0.05) is 24.3 Å². The van der Waals surface area contributed by atoms with E-state index in [-0.39, 0.29) is 5.91 Å². The van der Waals surface area contributed by atoms with Crippen LogP contribution in [0, 0.1) is 0 Å². The first kappa shape index (κ1) is 11.9. The van der Waals surface area contributed by atoms with E-state index in [1.807, 2.05) is 12.1 Å². The van der Waals surface area contributed by atoms with Gasteiger partial charge in [-0.3, -0.25) is 4.79 Å². The predicted molar refractivity (Wildman–Crippen MR) is 67.8 cm³/mol. The van der Waals surface area contributed by atoms with E-state index in [2.05, 4.69) is 27.3 Å². The Balaban J connectivity index is 2.37. The summed E-state index contributed by atoms with van der Waals surface area (Å²) in [6.07, 6.45) is 3.17. The smallest absolute Gasteiger partial charge is 0.252 e. The third kappa shape index (κ3) is 2.57. The van der Waals surface area contributed by atoms with E-state index < -0.39 is 0 Å². The third-order valence-electron chi connectivity index (χ3n) is 2.36. The van der Waals surface area contributed by atoms with Gasteiger partial charge in [-0.15, -0.1) is 16.8 Å². The minimum absolute atomic E-state index is 0.163. The summed E-state index contributed by atoms with van der Waals surface area (Å²) in [5, 5.41) is 13.8. The van der Waals surface area contributed by atoms with Gasteiger partial charge in [0.05, 0.1) is 11.9 Å². The number of hydrogen-bond donors (Lipinski definition) is 1. The molecule has 2 aromatic rings. The lowest BCUT2D eigenvalue weighted by Gasteiger charge is -2.07. The number of carbonyl (C=O) groups excluding carboxylic acids is 1. The van der Waals surface area contributed by atoms with Gasteiger partial charge in [0.15, 0.2) is 0 Å².